The van der Waals surface area contributed by atoms with E-state index in [1.165, 1.54) is 0 Å². The normalized spacial score (nSPS) is 10.5. The van der Waals surface area contributed by atoms with E-state index in [4.69, 9.17) is 0 Å². The second kappa shape index (κ2) is 4.41. The van der Waals surface area contributed by atoms with E-state index in [9.17, 15) is 0 Å². The van der Waals surface area contributed by atoms with Gasteiger partial charge in [0.25, 0.3) is 0 Å². The summed E-state index contributed by atoms with van der Waals surface area (Å²) in [5.74, 6) is 0.644. The molecule has 0 saturated carbocycles. The van der Waals surface area contributed by atoms with Crippen molar-refractivity contribution >= 4 is 16.7 Å². The second-order valence-electron chi connectivity index (χ2n) is 3.95. The number of aromatic nitrogens is 3. The van der Waals surface area contributed by atoms with Crippen LogP contribution in [0.4, 0.5) is 5.69 Å². The van der Waals surface area contributed by atoms with Crippen molar-refractivity contribution in [3.63, 3.8) is 0 Å². The number of hydrogen-bond donors (Lipinski definition) is 1. The molecular weight excluding hydrogens is 224 g/mol. The lowest BCUT2D eigenvalue weighted by molar-refractivity contribution is 1.03. The highest BCUT2D eigenvalue weighted by molar-refractivity contribution is 5.75. The molecule has 0 radical (unpaired) electrons. The van der Waals surface area contributed by atoms with E-state index in [-0.39, 0.29) is 0 Å². The van der Waals surface area contributed by atoms with E-state index >= 15 is 0 Å². The number of nitrogens with one attached hydrogen (secondary N) is 1. The van der Waals surface area contributed by atoms with Crippen LogP contribution in [-0.4, -0.2) is 22.2 Å². The van der Waals surface area contributed by atoms with Crippen LogP contribution < -0.4 is 5.32 Å². The average molecular weight is 236 g/mol. The van der Waals surface area contributed by atoms with E-state index < -0.39 is 0 Å². The Bertz CT molecular complexity index is 694. The van der Waals surface area contributed by atoms with Crippen LogP contribution in [0.5, 0.6) is 0 Å². The van der Waals surface area contributed by atoms with Crippen molar-refractivity contribution in [2.75, 3.05) is 12.4 Å². The van der Waals surface area contributed by atoms with Gasteiger partial charge in [-0.05, 0) is 24.3 Å². The van der Waals surface area contributed by atoms with Crippen molar-refractivity contribution in [2.45, 2.75) is 0 Å². The quantitative estimate of drug-likeness (QED) is 0.743. The van der Waals surface area contributed by atoms with Gasteiger partial charge in [0, 0.05) is 18.3 Å². The molecule has 0 fully saturated rings. The lowest BCUT2D eigenvalue weighted by Crippen LogP contribution is -1.95. The van der Waals surface area contributed by atoms with Crippen LogP contribution in [0, 0.1) is 0 Å². The van der Waals surface area contributed by atoms with E-state index in [0.29, 0.717) is 5.82 Å². The number of para-hydroxylation sites is 1. The van der Waals surface area contributed by atoms with Gasteiger partial charge in [-0.1, -0.05) is 24.3 Å². The Kier molecular flexibility index (Phi) is 2.61. The van der Waals surface area contributed by atoms with Crippen LogP contribution in [0.15, 0.2) is 48.5 Å². The third kappa shape index (κ3) is 1.88. The van der Waals surface area contributed by atoms with Crippen molar-refractivity contribution in [1.29, 1.82) is 0 Å². The Morgan fingerprint density at radius 2 is 1.72 bits per heavy atom. The Morgan fingerprint density at radius 3 is 2.56 bits per heavy atom. The summed E-state index contributed by atoms with van der Waals surface area (Å²) in [5, 5.41) is 11.4. The van der Waals surface area contributed by atoms with Crippen molar-refractivity contribution in [2.24, 2.45) is 0 Å². The van der Waals surface area contributed by atoms with Crippen LogP contribution in [0.3, 0.4) is 0 Å². The minimum atomic E-state index is 0.644. The van der Waals surface area contributed by atoms with Crippen LogP contribution in [0.2, 0.25) is 0 Å². The SMILES string of the molecule is CNc1cccc(-c2nnc3ccccc3n2)c1. The summed E-state index contributed by atoms with van der Waals surface area (Å²) >= 11 is 0. The average Bonchev–Trinajstić information content (AvgIpc) is 2.47. The molecule has 0 atom stereocenters. The molecule has 1 aromatic heterocycles. The van der Waals surface area contributed by atoms with E-state index in [1.54, 1.807) is 0 Å². The maximum atomic E-state index is 4.52. The maximum Gasteiger partial charge on any atom is 0.182 e. The van der Waals surface area contributed by atoms with Gasteiger partial charge in [-0.25, -0.2) is 4.98 Å². The molecule has 1 heterocycles. The molecule has 88 valence electrons. The fraction of sp³-hybridized carbons (Fsp3) is 0.0714. The first kappa shape index (κ1) is 10.7. The molecule has 18 heavy (non-hydrogen) atoms. The largest absolute Gasteiger partial charge is 0.388 e. The zero-order valence-corrected chi connectivity index (χ0v) is 9.96. The molecule has 0 aliphatic heterocycles. The fourth-order valence-electron chi connectivity index (χ4n) is 1.82. The zero-order chi connectivity index (χ0) is 12.4. The van der Waals surface area contributed by atoms with Crippen LogP contribution in [-0.2, 0) is 0 Å². The number of rotatable bonds is 2. The number of hydrogen-bond acceptors (Lipinski definition) is 4. The summed E-state index contributed by atoms with van der Waals surface area (Å²) < 4.78 is 0. The molecule has 4 heteroatoms. The van der Waals surface area contributed by atoms with Gasteiger partial charge in [0.1, 0.15) is 5.52 Å². The zero-order valence-electron chi connectivity index (χ0n) is 9.96. The predicted molar refractivity (Wildman–Crippen MR) is 72.3 cm³/mol. The lowest BCUT2D eigenvalue weighted by Gasteiger charge is -2.04. The van der Waals surface area contributed by atoms with Gasteiger partial charge >= 0.3 is 0 Å². The lowest BCUT2D eigenvalue weighted by atomic mass is 10.2. The number of nitrogens with zero attached hydrogens (tertiary/aromatic N) is 3. The first-order valence-corrected chi connectivity index (χ1v) is 5.74. The van der Waals surface area contributed by atoms with Gasteiger partial charge < -0.3 is 5.32 Å². The molecule has 4 nitrogen and oxygen atoms in total. The van der Waals surface area contributed by atoms with Gasteiger partial charge in [-0.15, -0.1) is 10.2 Å². The number of anilines is 1. The third-order valence-electron chi connectivity index (χ3n) is 2.77. The van der Waals surface area contributed by atoms with Crippen molar-refractivity contribution < 1.29 is 0 Å². The second-order valence-corrected chi connectivity index (χ2v) is 3.95. The smallest absolute Gasteiger partial charge is 0.182 e. The van der Waals surface area contributed by atoms with E-state index in [2.05, 4.69) is 20.5 Å². The summed E-state index contributed by atoms with van der Waals surface area (Å²) in [6, 6.07) is 15.7. The van der Waals surface area contributed by atoms with Gasteiger partial charge in [0.15, 0.2) is 5.82 Å². The molecular formula is C14H12N4. The van der Waals surface area contributed by atoms with Gasteiger partial charge in [0.2, 0.25) is 0 Å². The first-order chi connectivity index (χ1) is 8.86. The molecule has 0 spiro atoms. The topological polar surface area (TPSA) is 50.7 Å². The molecule has 0 amide bonds. The Morgan fingerprint density at radius 1 is 0.889 bits per heavy atom. The molecule has 1 N–H and O–H groups in total. The van der Waals surface area contributed by atoms with Gasteiger partial charge in [-0.3, -0.25) is 0 Å². The van der Waals surface area contributed by atoms with Crippen molar-refractivity contribution in [3.05, 3.63) is 48.5 Å². The summed E-state index contributed by atoms with van der Waals surface area (Å²) in [6.07, 6.45) is 0. The standard InChI is InChI=1S/C14H12N4/c1-15-11-6-4-5-10(9-11)14-16-12-7-2-3-8-13(12)17-18-14/h2-9,15H,1H3. The highest BCUT2D eigenvalue weighted by atomic mass is 15.1. The molecule has 0 bridgehead atoms. The Balaban J connectivity index is 2.13. The van der Waals surface area contributed by atoms with Crippen molar-refractivity contribution in [3.8, 4) is 11.4 Å². The van der Waals surface area contributed by atoms with Crippen LogP contribution in [0.1, 0.15) is 0 Å². The molecule has 0 saturated heterocycles. The third-order valence-corrected chi connectivity index (χ3v) is 2.77. The number of benzene rings is 2. The predicted octanol–water partition coefficient (Wildman–Crippen LogP) is 2.73. The van der Waals surface area contributed by atoms with Crippen LogP contribution >= 0.6 is 0 Å². The molecule has 2 aromatic carbocycles. The van der Waals surface area contributed by atoms with E-state index in [0.717, 1.165) is 22.3 Å². The summed E-state index contributed by atoms with van der Waals surface area (Å²) in [7, 11) is 1.89. The summed E-state index contributed by atoms with van der Waals surface area (Å²) in [4.78, 5) is 4.52. The molecule has 0 unspecified atom stereocenters. The molecule has 3 rings (SSSR count). The van der Waals surface area contributed by atoms with Crippen molar-refractivity contribution in [1.82, 2.24) is 15.2 Å². The first-order valence-electron chi connectivity index (χ1n) is 5.74. The summed E-state index contributed by atoms with van der Waals surface area (Å²) in [6.45, 7) is 0. The van der Waals surface area contributed by atoms with Gasteiger partial charge in [0.05, 0.1) is 5.52 Å². The van der Waals surface area contributed by atoms with Crippen LogP contribution in [0.25, 0.3) is 22.4 Å². The molecule has 3 aromatic rings. The minimum absolute atomic E-state index is 0.644. The maximum absolute atomic E-state index is 4.52. The highest BCUT2D eigenvalue weighted by Gasteiger charge is 2.04. The number of fused-ring (bicyclic) bond motifs is 1. The Labute approximate surface area is 105 Å². The monoisotopic (exact) mass is 236 g/mol. The summed E-state index contributed by atoms with van der Waals surface area (Å²) in [5.41, 5.74) is 3.66. The van der Waals surface area contributed by atoms with E-state index in [1.807, 2.05) is 55.6 Å². The fourth-order valence-corrected chi connectivity index (χ4v) is 1.82. The highest BCUT2D eigenvalue weighted by Crippen LogP contribution is 2.19. The minimum Gasteiger partial charge on any atom is -0.388 e. The molecule has 0 aliphatic carbocycles. The van der Waals surface area contributed by atoms with Gasteiger partial charge in [-0.2, -0.15) is 0 Å². The molecule has 0 aliphatic rings. The Hall–Kier alpha value is -2.49.